The first-order valence-electron chi connectivity index (χ1n) is 11.8. The minimum absolute atomic E-state index is 0.0374. The molecule has 1 aliphatic rings. The molecule has 0 atom stereocenters. The highest BCUT2D eigenvalue weighted by Gasteiger charge is 2.25. The van der Waals surface area contributed by atoms with Gasteiger partial charge in [0.2, 0.25) is 0 Å². The first-order valence-corrected chi connectivity index (χ1v) is 11.8. The van der Waals surface area contributed by atoms with Gasteiger partial charge in [0.25, 0.3) is 17.5 Å². The molecule has 0 aliphatic carbocycles. The third-order valence-electron chi connectivity index (χ3n) is 6.02. The highest BCUT2D eigenvalue weighted by atomic mass is 16.6. The number of piperazine rings is 1. The van der Waals surface area contributed by atoms with E-state index in [0.717, 1.165) is 0 Å². The van der Waals surface area contributed by atoms with E-state index in [1.54, 1.807) is 42.2 Å². The smallest absolute Gasteiger partial charge is 0.338 e. The number of rotatable bonds is 7. The zero-order valence-corrected chi connectivity index (χ0v) is 20.3. The molecule has 3 aromatic rings. The Hall–Kier alpha value is -4.73. The lowest BCUT2D eigenvalue weighted by molar-refractivity contribution is -0.384. The van der Waals surface area contributed by atoms with Crippen LogP contribution in [0.25, 0.3) is 0 Å². The molecule has 0 aromatic heterocycles. The van der Waals surface area contributed by atoms with Gasteiger partial charge in [-0.15, -0.1) is 0 Å². The van der Waals surface area contributed by atoms with Crippen LogP contribution in [-0.2, 0) is 4.74 Å². The summed E-state index contributed by atoms with van der Waals surface area (Å²) in [5.74, 6) is -1.03. The lowest BCUT2D eigenvalue weighted by Crippen LogP contribution is -2.49. The number of anilines is 2. The summed E-state index contributed by atoms with van der Waals surface area (Å²) in [5, 5.41) is 13.8. The minimum atomic E-state index is -0.537. The second-order valence-electron chi connectivity index (χ2n) is 8.36. The Morgan fingerprint density at radius 1 is 0.892 bits per heavy atom. The maximum absolute atomic E-state index is 13.0. The Balaban J connectivity index is 1.54. The highest BCUT2D eigenvalue weighted by Crippen LogP contribution is 2.30. The summed E-state index contributed by atoms with van der Waals surface area (Å²) in [4.78, 5) is 52.3. The normalized spacial score (nSPS) is 13.1. The number of carbonyl (C=O) groups excluding carboxylic acids is 3. The van der Waals surface area contributed by atoms with E-state index in [4.69, 9.17) is 4.74 Å². The molecule has 0 bridgehead atoms. The van der Waals surface area contributed by atoms with Crippen molar-refractivity contribution >= 4 is 34.8 Å². The number of nitrogens with zero attached hydrogens (tertiary/aromatic N) is 3. The van der Waals surface area contributed by atoms with Gasteiger partial charge in [-0.05, 0) is 49.4 Å². The maximum atomic E-state index is 13.0. The van der Waals surface area contributed by atoms with Crippen molar-refractivity contribution in [1.29, 1.82) is 0 Å². The summed E-state index contributed by atoms with van der Waals surface area (Å²) in [6, 6.07) is 19.3. The van der Waals surface area contributed by atoms with Crippen molar-refractivity contribution in [1.82, 2.24) is 4.90 Å². The van der Waals surface area contributed by atoms with Gasteiger partial charge in [0.05, 0.1) is 28.5 Å². The van der Waals surface area contributed by atoms with Crippen molar-refractivity contribution in [3.05, 3.63) is 99.6 Å². The van der Waals surface area contributed by atoms with E-state index >= 15 is 0 Å². The van der Waals surface area contributed by atoms with Crippen LogP contribution in [0.15, 0.2) is 72.8 Å². The van der Waals surface area contributed by atoms with Crippen LogP contribution in [0, 0.1) is 10.1 Å². The number of non-ortho nitro benzene ring substituents is 1. The molecule has 1 aliphatic heterocycles. The molecule has 2 amide bonds. The molecule has 3 aromatic carbocycles. The van der Waals surface area contributed by atoms with Crippen LogP contribution in [0.2, 0.25) is 0 Å². The standard InChI is InChI=1S/C27H26N4O6/c1-2-37-27(34)21-10-13-24(23(18-21)28-25(32)19-8-11-22(12-9-19)31(35)36)29-14-16-30(17-15-29)26(33)20-6-4-3-5-7-20/h3-13,18H,2,14-17H2,1H3,(H,28,32). The van der Waals surface area contributed by atoms with Gasteiger partial charge in [-0.3, -0.25) is 19.7 Å². The predicted octanol–water partition coefficient (Wildman–Crippen LogP) is 3.99. The summed E-state index contributed by atoms with van der Waals surface area (Å²) < 4.78 is 5.10. The fraction of sp³-hybridized carbons (Fsp3) is 0.222. The Morgan fingerprint density at radius 2 is 1.54 bits per heavy atom. The quantitative estimate of drug-likeness (QED) is 0.294. The molecule has 4 rings (SSSR count). The Labute approximate surface area is 213 Å². The number of ether oxygens (including phenoxy) is 1. The topological polar surface area (TPSA) is 122 Å². The SMILES string of the molecule is CCOC(=O)c1ccc(N2CCN(C(=O)c3ccccc3)CC2)c(NC(=O)c2ccc([N+](=O)[O-])cc2)c1. The van der Waals surface area contributed by atoms with Crippen molar-refractivity contribution in [2.24, 2.45) is 0 Å². The average molecular weight is 503 g/mol. The lowest BCUT2D eigenvalue weighted by atomic mass is 10.1. The summed E-state index contributed by atoms with van der Waals surface area (Å²) in [6.45, 7) is 3.95. The van der Waals surface area contributed by atoms with Gasteiger partial charge in [0.15, 0.2) is 0 Å². The van der Waals surface area contributed by atoms with Gasteiger partial charge >= 0.3 is 5.97 Å². The van der Waals surface area contributed by atoms with Crippen molar-refractivity contribution < 1.29 is 24.0 Å². The number of amides is 2. The molecular weight excluding hydrogens is 476 g/mol. The van der Waals surface area contributed by atoms with E-state index in [-0.39, 0.29) is 29.3 Å². The first kappa shape index (κ1) is 25.4. The van der Waals surface area contributed by atoms with Crippen LogP contribution >= 0.6 is 0 Å². The van der Waals surface area contributed by atoms with Crippen molar-refractivity contribution in [2.45, 2.75) is 6.92 Å². The van der Waals surface area contributed by atoms with Crippen LogP contribution in [0.1, 0.15) is 38.0 Å². The lowest BCUT2D eigenvalue weighted by Gasteiger charge is -2.37. The number of esters is 1. The number of nitro groups is 1. The predicted molar refractivity (Wildman–Crippen MR) is 138 cm³/mol. The number of nitrogens with one attached hydrogen (secondary N) is 1. The van der Waals surface area contributed by atoms with Crippen LogP contribution < -0.4 is 10.2 Å². The molecule has 1 fully saturated rings. The molecule has 10 heteroatoms. The van der Waals surface area contributed by atoms with Crippen LogP contribution in [0.5, 0.6) is 0 Å². The summed E-state index contributed by atoms with van der Waals surface area (Å²) in [5.41, 5.74) is 2.11. The number of hydrogen-bond acceptors (Lipinski definition) is 7. The second-order valence-corrected chi connectivity index (χ2v) is 8.36. The first-order chi connectivity index (χ1) is 17.9. The third kappa shape index (κ3) is 5.92. The molecule has 0 spiro atoms. The fourth-order valence-electron chi connectivity index (χ4n) is 4.10. The van der Waals surface area contributed by atoms with Crippen molar-refractivity contribution in [3.8, 4) is 0 Å². The fourth-order valence-corrected chi connectivity index (χ4v) is 4.10. The minimum Gasteiger partial charge on any atom is -0.462 e. The van der Waals surface area contributed by atoms with Gasteiger partial charge in [-0.1, -0.05) is 18.2 Å². The molecule has 1 heterocycles. The molecule has 0 radical (unpaired) electrons. The molecule has 0 unspecified atom stereocenters. The Morgan fingerprint density at radius 3 is 2.16 bits per heavy atom. The molecule has 37 heavy (non-hydrogen) atoms. The van der Waals surface area contributed by atoms with Gasteiger partial charge in [-0.25, -0.2) is 4.79 Å². The third-order valence-corrected chi connectivity index (χ3v) is 6.02. The van der Waals surface area contributed by atoms with E-state index in [0.29, 0.717) is 43.1 Å². The average Bonchev–Trinajstić information content (AvgIpc) is 2.93. The summed E-state index contributed by atoms with van der Waals surface area (Å²) >= 11 is 0. The van der Waals surface area contributed by atoms with E-state index < -0.39 is 16.8 Å². The molecule has 10 nitrogen and oxygen atoms in total. The van der Waals surface area contributed by atoms with E-state index in [9.17, 15) is 24.5 Å². The molecule has 1 saturated heterocycles. The van der Waals surface area contributed by atoms with Crippen LogP contribution in [0.3, 0.4) is 0 Å². The van der Waals surface area contributed by atoms with E-state index in [1.807, 2.05) is 23.1 Å². The van der Waals surface area contributed by atoms with Crippen molar-refractivity contribution in [3.63, 3.8) is 0 Å². The number of carbonyl (C=O) groups is 3. The maximum Gasteiger partial charge on any atom is 0.338 e. The highest BCUT2D eigenvalue weighted by molar-refractivity contribution is 6.07. The van der Waals surface area contributed by atoms with Gasteiger partial charge in [0.1, 0.15) is 0 Å². The second kappa shape index (κ2) is 11.3. The Kier molecular flexibility index (Phi) is 7.77. The van der Waals surface area contributed by atoms with Crippen LogP contribution in [0.4, 0.5) is 17.1 Å². The molecule has 190 valence electrons. The van der Waals surface area contributed by atoms with Gasteiger partial charge < -0.3 is 19.9 Å². The number of hydrogen-bond donors (Lipinski definition) is 1. The monoisotopic (exact) mass is 502 g/mol. The molecule has 0 saturated carbocycles. The van der Waals surface area contributed by atoms with Gasteiger partial charge in [0, 0.05) is 49.4 Å². The molecule has 1 N–H and O–H groups in total. The summed E-state index contributed by atoms with van der Waals surface area (Å²) in [7, 11) is 0. The van der Waals surface area contributed by atoms with Crippen LogP contribution in [-0.4, -0.2) is 60.4 Å². The van der Waals surface area contributed by atoms with Gasteiger partial charge in [-0.2, -0.15) is 0 Å². The van der Waals surface area contributed by atoms with Crippen molar-refractivity contribution in [2.75, 3.05) is 43.0 Å². The molecular formula is C27H26N4O6. The summed E-state index contributed by atoms with van der Waals surface area (Å²) in [6.07, 6.45) is 0. The largest absolute Gasteiger partial charge is 0.462 e. The van der Waals surface area contributed by atoms with E-state index in [1.165, 1.54) is 24.3 Å². The number of nitro benzene ring substituents is 1. The number of benzene rings is 3. The Bertz CT molecular complexity index is 1300. The zero-order valence-electron chi connectivity index (χ0n) is 20.3. The zero-order chi connectivity index (χ0) is 26.4. The van der Waals surface area contributed by atoms with E-state index in [2.05, 4.69) is 5.32 Å².